The molecular weight excluding hydrogens is 185 g/mol. The number of hydrogen-bond donors (Lipinski definition) is 2. The van der Waals surface area contributed by atoms with E-state index in [0.29, 0.717) is 19.6 Å². The van der Waals surface area contributed by atoms with Crippen molar-refractivity contribution in [2.45, 2.75) is 13.0 Å². The Morgan fingerprint density at radius 3 is 2.79 bits per heavy atom. The highest BCUT2D eigenvalue weighted by Gasteiger charge is 2.03. The zero-order chi connectivity index (χ0) is 10.4. The van der Waals surface area contributed by atoms with Crippen molar-refractivity contribution in [1.29, 1.82) is 0 Å². The second-order valence-corrected chi connectivity index (χ2v) is 2.89. The van der Waals surface area contributed by atoms with E-state index in [2.05, 4.69) is 0 Å². The molecule has 0 heterocycles. The molecule has 0 aliphatic heterocycles. The van der Waals surface area contributed by atoms with Crippen molar-refractivity contribution in [2.24, 2.45) is 5.73 Å². The number of aliphatic hydroxyl groups is 1. The number of aliphatic hydroxyl groups excluding tert-OH is 1. The SMILES string of the molecule is NCc1ccc(OCCCO)c(F)c1. The van der Waals surface area contributed by atoms with E-state index in [9.17, 15) is 4.39 Å². The largest absolute Gasteiger partial charge is 0.490 e. The second-order valence-electron chi connectivity index (χ2n) is 2.89. The van der Waals surface area contributed by atoms with Gasteiger partial charge in [0.25, 0.3) is 0 Å². The minimum atomic E-state index is -0.411. The van der Waals surface area contributed by atoms with Crippen molar-refractivity contribution in [1.82, 2.24) is 0 Å². The van der Waals surface area contributed by atoms with Crippen LogP contribution in [-0.4, -0.2) is 18.3 Å². The van der Waals surface area contributed by atoms with Gasteiger partial charge in [-0.2, -0.15) is 0 Å². The molecule has 0 spiro atoms. The Labute approximate surface area is 82.3 Å². The lowest BCUT2D eigenvalue weighted by Gasteiger charge is -2.06. The Balaban J connectivity index is 2.59. The predicted molar refractivity (Wildman–Crippen MR) is 51.5 cm³/mol. The lowest BCUT2D eigenvalue weighted by molar-refractivity contribution is 0.228. The van der Waals surface area contributed by atoms with Crippen LogP contribution in [-0.2, 0) is 6.54 Å². The molecule has 0 aliphatic rings. The molecule has 1 aromatic rings. The van der Waals surface area contributed by atoms with E-state index >= 15 is 0 Å². The Morgan fingerprint density at radius 1 is 1.43 bits per heavy atom. The lowest BCUT2D eigenvalue weighted by atomic mass is 10.2. The Kier molecular flexibility index (Phi) is 4.35. The van der Waals surface area contributed by atoms with Crippen LogP contribution in [0, 0.1) is 5.82 Å². The average Bonchev–Trinajstić information content (AvgIpc) is 2.20. The van der Waals surface area contributed by atoms with Crippen molar-refractivity contribution in [2.75, 3.05) is 13.2 Å². The second kappa shape index (κ2) is 5.57. The number of rotatable bonds is 5. The Hall–Kier alpha value is -1.13. The molecule has 0 atom stereocenters. The summed E-state index contributed by atoms with van der Waals surface area (Å²) in [5.74, 6) is -0.207. The van der Waals surface area contributed by atoms with Crippen LogP contribution in [0.15, 0.2) is 18.2 Å². The fraction of sp³-hybridized carbons (Fsp3) is 0.400. The van der Waals surface area contributed by atoms with E-state index < -0.39 is 5.82 Å². The van der Waals surface area contributed by atoms with Gasteiger partial charge in [0.15, 0.2) is 11.6 Å². The molecule has 1 aromatic carbocycles. The van der Waals surface area contributed by atoms with Crippen LogP contribution in [0.5, 0.6) is 5.75 Å². The summed E-state index contributed by atoms with van der Waals surface area (Å²) in [7, 11) is 0. The summed E-state index contributed by atoms with van der Waals surface area (Å²) in [4.78, 5) is 0. The highest BCUT2D eigenvalue weighted by molar-refractivity contribution is 5.29. The summed E-state index contributed by atoms with van der Waals surface area (Å²) in [6, 6.07) is 4.63. The van der Waals surface area contributed by atoms with Crippen LogP contribution < -0.4 is 10.5 Å². The third-order valence-corrected chi connectivity index (χ3v) is 1.79. The first kappa shape index (κ1) is 10.9. The molecule has 0 amide bonds. The third-order valence-electron chi connectivity index (χ3n) is 1.79. The molecule has 0 saturated carbocycles. The van der Waals surface area contributed by atoms with E-state index in [0.717, 1.165) is 5.56 Å². The third kappa shape index (κ3) is 2.97. The standard InChI is InChI=1S/C10H14FNO2/c11-9-6-8(7-12)2-3-10(9)14-5-1-4-13/h2-3,6,13H,1,4-5,7,12H2. The van der Waals surface area contributed by atoms with E-state index in [-0.39, 0.29) is 12.4 Å². The highest BCUT2D eigenvalue weighted by Crippen LogP contribution is 2.18. The van der Waals surface area contributed by atoms with Gasteiger partial charge >= 0.3 is 0 Å². The monoisotopic (exact) mass is 199 g/mol. The van der Waals surface area contributed by atoms with Gasteiger partial charge in [-0.25, -0.2) is 4.39 Å². The molecule has 0 aromatic heterocycles. The summed E-state index contributed by atoms with van der Waals surface area (Å²) in [6.07, 6.45) is 0.498. The molecule has 3 N–H and O–H groups in total. The number of halogens is 1. The van der Waals surface area contributed by atoms with E-state index in [1.165, 1.54) is 6.07 Å². The molecule has 0 saturated heterocycles. The molecule has 78 valence electrons. The zero-order valence-corrected chi connectivity index (χ0v) is 7.87. The molecule has 14 heavy (non-hydrogen) atoms. The first-order valence-electron chi connectivity index (χ1n) is 4.50. The van der Waals surface area contributed by atoms with Crippen LogP contribution in [0.4, 0.5) is 4.39 Å². The van der Waals surface area contributed by atoms with Gasteiger partial charge in [-0.3, -0.25) is 0 Å². The smallest absolute Gasteiger partial charge is 0.165 e. The Bertz CT molecular complexity index is 291. The molecule has 0 unspecified atom stereocenters. The minimum Gasteiger partial charge on any atom is -0.490 e. The number of nitrogens with two attached hydrogens (primary N) is 1. The van der Waals surface area contributed by atoms with E-state index in [1.807, 2.05) is 0 Å². The van der Waals surface area contributed by atoms with Crippen LogP contribution in [0.1, 0.15) is 12.0 Å². The average molecular weight is 199 g/mol. The summed E-state index contributed by atoms with van der Waals surface area (Å²) in [6.45, 7) is 0.672. The maximum atomic E-state index is 13.2. The van der Waals surface area contributed by atoms with Crippen molar-refractivity contribution >= 4 is 0 Å². The van der Waals surface area contributed by atoms with Gasteiger partial charge in [-0.15, -0.1) is 0 Å². The molecule has 0 radical (unpaired) electrons. The molecule has 0 bridgehead atoms. The van der Waals surface area contributed by atoms with Gasteiger partial charge in [-0.1, -0.05) is 6.07 Å². The number of ether oxygens (including phenoxy) is 1. The number of benzene rings is 1. The van der Waals surface area contributed by atoms with Crippen LogP contribution in [0.3, 0.4) is 0 Å². The summed E-state index contributed by atoms with van der Waals surface area (Å²) >= 11 is 0. The van der Waals surface area contributed by atoms with Crippen LogP contribution >= 0.6 is 0 Å². The maximum absolute atomic E-state index is 13.2. The summed E-state index contributed by atoms with van der Waals surface area (Å²) in [5, 5.41) is 8.51. The van der Waals surface area contributed by atoms with Crippen molar-refractivity contribution in [3.05, 3.63) is 29.6 Å². The lowest BCUT2D eigenvalue weighted by Crippen LogP contribution is -2.02. The van der Waals surface area contributed by atoms with Crippen LogP contribution in [0.25, 0.3) is 0 Å². The van der Waals surface area contributed by atoms with E-state index in [1.54, 1.807) is 12.1 Å². The normalized spacial score (nSPS) is 10.2. The fourth-order valence-electron chi connectivity index (χ4n) is 1.04. The Morgan fingerprint density at radius 2 is 2.21 bits per heavy atom. The van der Waals surface area contributed by atoms with Gasteiger partial charge in [0.1, 0.15) is 0 Å². The van der Waals surface area contributed by atoms with E-state index in [4.69, 9.17) is 15.6 Å². The minimum absolute atomic E-state index is 0.0441. The van der Waals surface area contributed by atoms with Crippen LogP contribution in [0.2, 0.25) is 0 Å². The highest BCUT2D eigenvalue weighted by atomic mass is 19.1. The molecule has 3 nitrogen and oxygen atoms in total. The topological polar surface area (TPSA) is 55.5 Å². The molecular formula is C10H14FNO2. The predicted octanol–water partition coefficient (Wildman–Crippen LogP) is 1.05. The molecule has 0 fully saturated rings. The van der Waals surface area contributed by atoms with Gasteiger partial charge < -0.3 is 15.6 Å². The maximum Gasteiger partial charge on any atom is 0.165 e. The zero-order valence-electron chi connectivity index (χ0n) is 7.87. The molecule has 0 aliphatic carbocycles. The first-order valence-corrected chi connectivity index (χ1v) is 4.50. The fourth-order valence-corrected chi connectivity index (χ4v) is 1.04. The van der Waals surface area contributed by atoms with Crippen molar-refractivity contribution in [3.8, 4) is 5.75 Å². The quantitative estimate of drug-likeness (QED) is 0.697. The molecule has 1 rings (SSSR count). The molecule has 4 heteroatoms. The summed E-state index contributed by atoms with van der Waals surface area (Å²) in [5.41, 5.74) is 6.08. The van der Waals surface area contributed by atoms with Gasteiger partial charge in [0.05, 0.1) is 6.61 Å². The van der Waals surface area contributed by atoms with Crippen molar-refractivity contribution < 1.29 is 14.2 Å². The first-order chi connectivity index (χ1) is 6.77. The van der Waals surface area contributed by atoms with Gasteiger partial charge in [0.2, 0.25) is 0 Å². The summed E-state index contributed by atoms with van der Waals surface area (Å²) < 4.78 is 18.3. The number of hydrogen-bond acceptors (Lipinski definition) is 3. The van der Waals surface area contributed by atoms with Crippen molar-refractivity contribution in [3.63, 3.8) is 0 Å². The van der Waals surface area contributed by atoms with Gasteiger partial charge in [-0.05, 0) is 17.7 Å². The van der Waals surface area contributed by atoms with Gasteiger partial charge in [0, 0.05) is 19.6 Å².